The number of carbonyl (C=O) groups excluding carboxylic acids is 1. The van der Waals surface area contributed by atoms with Gasteiger partial charge in [-0.15, -0.1) is 0 Å². The fourth-order valence-electron chi connectivity index (χ4n) is 4.33. The van der Waals surface area contributed by atoms with E-state index in [0.717, 1.165) is 45.7 Å². The molecule has 3 aromatic rings. The minimum atomic E-state index is -0.408. The summed E-state index contributed by atoms with van der Waals surface area (Å²) in [5, 5.41) is 11.5. The van der Waals surface area contributed by atoms with Crippen molar-refractivity contribution in [3.8, 4) is 17.0 Å². The van der Waals surface area contributed by atoms with E-state index in [0.29, 0.717) is 25.6 Å². The highest BCUT2D eigenvalue weighted by Crippen LogP contribution is 2.34. The molecule has 1 saturated heterocycles. The molecule has 156 valence electrons. The van der Waals surface area contributed by atoms with E-state index in [1.807, 2.05) is 18.2 Å². The third-order valence-electron chi connectivity index (χ3n) is 5.90. The Labute approximate surface area is 175 Å². The van der Waals surface area contributed by atoms with Crippen molar-refractivity contribution in [3.05, 3.63) is 42.0 Å². The Hall–Kier alpha value is -3.22. The number of nitrogens with zero attached hydrogens (tertiary/aromatic N) is 2. The molecule has 1 unspecified atom stereocenters. The number of hydrogen-bond donors (Lipinski definition) is 2. The first kappa shape index (κ1) is 18.8. The van der Waals surface area contributed by atoms with Gasteiger partial charge in [-0.3, -0.25) is 5.10 Å². The fourth-order valence-corrected chi connectivity index (χ4v) is 4.33. The summed E-state index contributed by atoms with van der Waals surface area (Å²) in [6.07, 6.45) is 2.67. The Morgan fingerprint density at radius 3 is 2.93 bits per heavy atom. The lowest BCUT2D eigenvalue weighted by atomic mass is 10.0. The van der Waals surface area contributed by atoms with E-state index in [-0.39, 0.29) is 6.61 Å². The minimum Gasteiger partial charge on any atom is -0.494 e. The van der Waals surface area contributed by atoms with Gasteiger partial charge in [-0.25, -0.2) is 4.79 Å². The smallest absolute Gasteiger partial charge is 0.407 e. The number of benzene rings is 2. The average Bonchev–Trinajstić information content (AvgIpc) is 3.37. The molecule has 1 aromatic heterocycles. The van der Waals surface area contributed by atoms with Crippen molar-refractivity contribution in [2.45, 2.75) is 38.8 Å². The predicted octanol–water partition coefficient (Wildman–Crippen LogP) is 4.23. The molecule has 1 amide bonds. The second-order valence-electron chi connectivity index (χ2n) is 8.06. The Morgan fingerprint density at radius 1 is 1.13 bits per heavy atom. The van der Waals surface area contributed by atoms with Crippen LogP contribution in [-0.2, 0) is 11.3 Å². The van der Waals surface area contributed by atoms with E-state index in [4.69, 9.17) is 9.47 Å². The van der Waals surface area contributed by atoms with Gasteiger partial charge in [0.25, 0.3) is 0 Å². The Morgan fingerprint density at radius 2 is 2.07 bits per heavy atom. The lowest BCUT2D eigenvalue weighted by Crippen LogP contribution is -2.27. The lowest BCUT2D eigenvalue weighted by molar-refractivity contribution is 0.139. The SMILES string of the molecule is CC1CCCN1c1cc2cc(c1)-c1n[nH]c3ccc(cc13)OCCCNC(=O)OC2. The summed E-state index contributed by atoms with van der Waals surface area (Å²) < 4.78 is 11.3. The van der Waals surface area contributed by atoms with Crippen molar-refractivity contribution in [1.29, 1.82) is 0 Å². The number of anilines is 1. The zero-order valence-electron chi connectivity index (χ0n) is 17.1. The molecule has 1 fully saturated rings. The van der Waals surface area contributed by atoms with Gasteiger partial charge in [-0.2, -0.15) is 5.10 Å². The molecule has 0 spiro atoms. The van der Waals surface area contributed by atoms with Crippen LogP contribution in [0, 0.1) is 0 Å². The predicted molar refractivity (Wildman–Crippen MR) is 116 cm³/mol. The van der Waals surface area contributed by atoms with Gasteiger partial charge in [0.2, 0.25) is 0 Å². The summed E-state index contributed by atoms with van der Waals surface area (Å²) in [4.78, 5) is 14.5. The molecule has 0 aliphatic carbocycles. The normalized spacial score (nSPS) is 19.7. The monoisotopic (exact) mass is 406 g/mol. The number of amides is 1. The van der Waals surface area contributed by atoms with Crippen LogP contribution in [0.4, 0.5) is 10.5 Å². The van der Waals surface area contributed by atoms with Crippen LogP contribution in [-0.4, -0.2) is 42.0 Å². The Bertz CT molecular complexity index is 1080. The summed E-state index contributed by atoms with van der Waals surface area (Å²) >= 11 is 0. The third kappa shape index (κ3) is 3.67. The molecule has 1 atom stereocenters. The second kappa shape index (κ2) is 7.89. The van der Waals surface area contributed by atoms with Crippen LogP contribution < -0.4 is 15.0 Å². The van der Waals surface area contributed by atoms with Crippen LogP contribution in [0.5, 0.6) is 5.75 Å². The first-order valence-electron chi connectivity index (χ1n) is 10.6. The molecule has 4 bridgehead atoms. The number of aromatic nitrogens is 2. The lowest BCUT2D eigenvalue weighted by Gasteiger charge is -2.25. The second-order valence-corrected chi connectivity index (χ2v) is 8.06. The minimum absolute atomic E-state index is 0.221. The molecule has 2 aromatic carbocycles. The van der Waals surface area contributed by atoms with Gasteiger partial charge in [0.05, 0.1) is 12.1 Å². The van der Waals surface area contributed by atoms with Crippen LogP contribution in [0.3, 0.4) is 0 Å². The van der Waals surface area contributed by atoms with Gasteiger partial charge in [0.1, 0.15) is 18.1 Å². The fraction of sp³-hybridized carbons (Fsp3) is 0.391. The van der Waals surface area contributed by atoms with Crippen molar-refractivity contribution in [2.75, 3.05) is 24.6 Å². The van der Waals surface area contributed by atoms with Crippen molar-refractivity contribution in [3.63, 3.8) is 0 Å². The number of alkyl carbamates (subject to hydrolysis) is 1. The van der Waals surface area contributed by atoms with E-state index < -0.39 is 6.09 Å². The van der Waals surface area contributed by atoms with Gasteiger partial charge < -0.3 is 19.7 Å². The van der Waals surface area contributed by atoms with Crippen LogP contribution in [0.25, 0.3) is 22.2 Å². The molecule has 7 heteroatoms. The van der Waals surface area contributed by atoms with E-state index >= 15 is 0 Å². The maximum atomic E-state index is 12.1. The zero-order valence-corrected chi connectivity index (χ0v) is 17.1. The van der Waals surface area contributed by atoms with E-state index in [1.165, 1.54) is 12.8 Å². The van der Waals surface area contributed by atoms with Crippen molar-refractivity contribution < 1.29 is 14.3 Å². The van der Waals surface area contributed by atoms with Gasteiger partial charge in [-0.05, 0) is 68.1 Å². The summed E-state index contributed by atoms with van der Waals surface area (Å²) in [6.45, 7) is 4.54. The summed E-state index contributed by atoms with van der Waals surface area (Å²) in [7, 11) is 0. The average molecular weight is 406 g/mol. The first-order valence-corrected chi connectivity index (χ1v) is 10.6. The van der Waals surface area contributed by atoms with Gasteiger partial charge in [0, 0.05) is 35.8 Å². The number of nitrogens with one attached hydrogen (secondary N) is 2. The maximum absolute atomic E-state index is 12.1. The standard InChI is InChI=1S/C23H26N4O3/c1-15-4-2-8-27(15)18-11-16-10-17(12-18)22-20-13-19(5-6-21(20)25-26-22)29-9-3-7-24-23(28)30-14-16/h5-6,10-13,15H,2-4,7-9,14H2,1H3,(H,24,28)(H,25,26). The molecular formula is C23H26N4O3. The molecule has 3 heterocycles. The number of rotatable bonds is 1. The number of hydrogen-bond acceptors (Lipinski definition) is 5. The van der Waals surface area contributed by atoms with Crippen LogP contribution in [0.2, 0.25) is 0 Å². The van der Waals surface area contributed by atoms with Crippen LogP contribution >= 0.6 is 0 Å². The van der Waals surface area contributed by atoms with Crippen molar-refractivity contribution in [1.82, 2.24) is 15.5 Å². The first-order chi connectivity index (χ1) is 14.7. The van der Waals surface area contributed by atoms with Crippen molar-refractivity contribution in [2.24, 2.45) is 0 Å². The number of cyclic esters (lactones) is 1. The van der Waals surface area contributed by atoms with Gasteiger partial charge >= 0.3 is 6.09 Å². The molecule has 2 N–H and O–H groups in total. The number of aromatic amines is 1. The number of fused-ring (bicyclic) bond motifs is 4. The van der Waals surface area contributed by atoms with Gasteiger partial charge in [-0.1, -0.05) is 0 Å². The number of H-pyrrole nitrogens is 1. The number of ether oxygens (including phenoxy) is 2. The van der Waals surface area contributed by atoms with Crippen LogP contribution in [0.1, 0.15) is 31.7 Å². The van der Waals surface area contributed by atoms with E-state index in [1.54, 1.807) is 0 Å². The van der Waals surface area contributed by atoms with E-state index in [9.17, 15) is 4.79 Å². The Balaban J connectivity index is 1.62. The molecule has 2 aliphatic rings. The Kier molecular flexibility index (Phi) is 4.94. The quantitative estimate of drug-likeness (QED) is 0.632. The molecule has 5 rings (SSSR count). The van der Waals surface area contributed by atoms with Gasteiger partial charge in [0.15, 0.2) is 0 Å². The molecule has 30 heavy (non-hydrogen) atoms. The third-order valence-corrected chi connectivity index (χ3v) is 5.90. The summed E-state index contributed by atoms with van der Waals surface area (Å²) in [5.41, 5.74) is 4.95. The molecule has 7 nitrogen and oxygen atoms in total. The van der Waals surface area contributed by atoms with Crippen molar-refractivity contribution >= 4 is 22.7 Å². The highest BCUT2D eigenvalue weighted by Gasteiger charge is 2.22. The largest absolute Gasteiger partial charge is 0.494 e. The highest BCUT2D eigenvalue weighted by atomic mass is 16.5. The maximum Gasteiger partial charge on any atom is 0.407 e. The molecule has 0 radical (unpaired) electrons. The molecule has 2 aliphatic heterocycles. The summed E-state index contributed by atoms with van der Waals surface area (Å²) in [5.74, 6) is 0.798. The van der Waals surface area contributed by atoms with Crippen LogP contribution in [0.15, 0.2) is 36.4 Å². The number of carbonyl (C=O) groups is 1. The van der Waals surface area contributed by atoms with E-state index in [2.05, 4.69) is 45.5 Å². The molecular weight excluding hydrogens is 380 g/mol. The topological polar surface area (TPSA) is 79.5 Å². The zero-order chi connectivity index (χ0) is 20.5. The molecule has 0 saturated carbocycles. The summed E-state index contributed by atoms with van der Waals surface area (Å²) in [6, 6.07) is 12.8. The highest BCUT2D eigenvalue weighted by molar-refractivity contribution is 5.94.